The largest absolute Gasteiger partial charge is 0.303 e. The van der Waals surface area contributed by atoms with E-state index in [-0.39, 0.29) is 5.41 Å². The molecule has 0 aliphatic heterocycles. The van der Waals surface area contributed by atoms with Crippen LogP contribution in [0.2, 0.25) is 0 Å². The number of benzene rings is 1. The Labute approximate surface area is 92.5 Å². The Morgan fingerprint density at radius 2 is 1.93 bits per heavy atom. The standard InChI is InChI=1S/C14H20O/c1-11-10-13(14(2,3)4)8-7-12(11)6-5-9-15/h7-10H,5-6H2,1-4H3. The molecule has 1 aromatic rings. The lowest BCUT2D eigenvalue weighted by Gasteiger charge is -2.20. The monoisotopic (exact) mass is 204 g/mol. The van der Waals surface area contributed by atoms with Gasteiger partial charge in [0.05, 0.1) is 0 Å². The van der Waals surface area contributed by atoms with E-state index in [0.29, 0.717) is 6.42 Å². The molecule has 15 heavy (non-hydrogen) atoms. The fourth-order valence-corrected chi connectivity index (χ4v) is 1.66. The molecule has 0 radical (unpaired) electrons. The molecule has 0 aromatic heterocycles. The zero-order valence-electron chi connectivity index (χ0n) is 10.1. The van der Waals surface area contributed by atoms with Crippen molar-refractivity contribution in [2.45, 2.75) is 46.0 Å². The van der Waals surface area contributed by atoms with Crippen molar-refractivity contribution in [2.24, 2.45) is 0 Å². The Kier molecular flexibility index (Phi) is 3.67. The molecule has 0 aliphatic rings. The van der Waals surface area contributed by atoms with Crippen LogP contribution < -0.4 is 0 Å². The normalized spacial score (nSPS) is 11.5. The first-order valence-corrected chi connectivity index (χ1v) is 5.49. The van der Waals surface area contributed by atoms with E-state index in [0.717, 1.165) is 12.7 Å². The van der Waals surface area contributed by atoms with Crippen LogP contribution in [0.4, 0.5) is 0 Å². The lowest BCUT2D eigenvalue weighted by atomic mass is 9.85. The summed E-state index contributed by atoms with van der Waals surface area (Å²) in [6, 6.07) is 6.56. The van der Waals surface area contributed by atoms with Crippen molar-refractivity contribution in [3.63, 3.8) is 0 Å². The van der Waals surface area contributed by atoms with Gasteiger partial charge in [-0.05, 0) is 35.4 Å². The zero-order chi connectivity index (χ0) is 11.5. The van der Waals surface area contributed by atoms with Crippen molar-refractivity contribution in [3.05, 3.63) is 34.9 Å². The van der Waals surface area contributed by atoms with Crippen LogP contribution in [0.5, 0.6) is 0 Å². The van der Waals surface area contributed by atoms with E-state index in [4.69, 9.17) is 0 Å². The van der Waals surface area contributed by atoms with Gasteiger partial charge in [-0.3, -0.25) is 0 Å². The minimum atomic E-state index is 0.202. The maximum atomic E-state index is 10.3. The molecule has 0 heterocycles. The molecule has 0 amide bonds. The molecule has 1 heteroatoms. The molecule has 0 unspecified atom stereocenters. The SMILES string of the molecule is Cc1cc(C(C)(C)C)ccc1CCC=O. The average molecular weight is 204 g/mol. The first-order valence-electron chi connectivity index (χ1n) is 5.49. The van der Waals surface area contributed by atoms with Crippen LogP contribution in [0.25, 0.3) is 0 Å². The molecule has 0 bridgehead atoms. The maximum absolute atomic E-state index is 10.3. The van der Waals surface area contributed by atoms with E-state index < -0.39 is 0 Å². The van der Waals surface area contributed by atoms with Gasteiger partial charge in [0.2, 0.25) is 0 Å². The molecule has 0 atom stereocenters. The van der Waals surface area contributed by atoms with Crippen molar-refractivity contribution in [1.29, 1.82) is 0 Å². The third-order valence-electron chi connectivity index (χ3n) is 2.74. The van der Waals surface area contributed by atoms with Crippen LogP contribution in [0.1, 0.15) is 43.9 Å². The fourth-order valence-electron chi connectivity index (χ4n) is 1.66. The Bertz CT molecular complexity index is 345. The summed E-state index contributed by atoms with van der Waals surface area (Å²) >= 11 is 0. The van der Waals surface area contributed by atoms with Crippen molar-refractivity contribution < 1.29 is 4.79 Å². The predicted molar refractivity (Wildman–Crippen MR) is 64.3 cm³/mol. The molecule has 82 valence electrons. The number of carbonyl (C=O) groups excluding carboxylic acids is 1. The first kappa shape index (κ1) is 12.0. The summed E-state index contributed by atoms with van der Waals surface area (Å²) < 4.78 is 0. The minimum absolute atomic E-state index is 0.202. The molecule has 0 N–H and O–H groups in total. The van der Waals surface area contributed by atoms with Gasteiger partial charge in [-0.1, -0.05) is 39.0 Å². The van der Waals surface area contributed by atoms with Gasteiger partial charge < -0.3 is 4.79 Å². The van der Waals surface area contributed by atoms with Crippen LogP contribution in [0.3, 0.4) is 0 Å². The number of carbonyl (C=O) groups is 1. The lowest BCUT2D eigenvalue weighted by molar-refractivity contribution is -0.107. The third kappa shape index (κ3) is 3.19. The summed E-state index contributed by atoms with van der Waals surface area (Å²) in [5.74, 6) is 0. The van der Waals surface area contributed by atoms with E-state index in [1.165, 1.54) is 16.7 Å². The fraction of sp³-hybridized carbons (Fsp3) is 0.500. The summed E-state index contributed by atoms with van der Waals surface area (Å²) in [6.07, 6.45) is 2.46. The van der Waals surface area contributed by atoms with Crippen LogP contribution in [-0.2, 0) is 16.6 Å². The van der Waals surface area contributed by atoms with E-state index in [2.05, 4.69) is 45.9 Å². The third-order valence-corrected chi connectivity index (χ3v) is 2.74. The van der Waals surface area contributed by atoms with Crippen molar-refractivity contribution in [1.82, 2.24) is 0 Å². The lowest BCUT2D eigenvalue weighted by Crippen LogP contribution is -2.11. The molecule has 1 aromatic carbocycles. The van der Waals surface area contributed by atoms with Gasteiger partial charge in [0.25, 0.3) is 0 Å². The highest BCUT2D eigenvalue weighted by molar-refractivity contribution is 5.50. The molecule has 1 nitrogen and oxygen atoms in total. The summed E-state index contributed by atoms with van der Waals surface area (Å²) in [6.45, 7) is 8.77. The average Bonchev–Trinajstić information content (AvgIpc) is 2.14. The summed E-state index contributed by atoms with van der Waals surface area (Å²) in [5.41, 5.74) is 4.14. The maximum Gasteiger partial charge on any atom is 0.120 e. The second kappa shape index (κ2) is 4.61. The Morgan fingerprint density at radius 3 is 2.40 bits per heavy atom. The number of aldehydes is 1. The highest BCUT2D eigenvalue weighted by Gasteiger charge is 2.13. The summed E-state index contributed by atoms with van der Waals surface area (Å²) in [5, 5.41) is 0. The Hall–Kier alpha value is -1.11. The number of rotatable bonds is 3. The minimum Gasteiger partial charge on any atom is -0.303 e. The van der Waals surface area contributed by atoms with E-state index >= 15 is 0 Å². The van der Waals surface area contributed by atoms with E-state index in [1.807, 2.05) is 0 Å². The van der Waals surface area contributed by atoms with Crippen molar-refractivity contribution >= 4 is 6.29 Å². The zero-order valence-corrected chi connectivity index (χ0v) is 10.1. The highest BCUT2D eigenvalue weighted by Crippen LogP contribution is 2.24. The molecule has 0 spiro atoms. The Morgan fingerprint density at radius 1 is 1.27 bits per heavy atom. The van der Waals surface area contributed by atoms with Crippen LogP contribution in [0, 0.1) is 6.92 Å². The number of aryl methyl sites for hydroxylation is 2. The molecule has 0 fully saturated rings. The molecule has 0 saturated heterocycles. The predicted octanol–water partition coefficient (Wildman–Crippen LogP) is 3.42. The Balaban J connectivity index is 2.93. The van der Waals surface area contributed by atoms with Crippen LogP contribution in [-0.4, -0.2) is 6.29 Å². The summed E-state index contributed by atoms with van der Waals surface area (Å²) in [7, 11) is 0. The van der Waals surface area contributed by atoms with E-state index in [9.17, 15) is 4.79 Å². The van der Waals surface area contributed by atoms with Gasteiger partial charge in [0.1, 0.15) is 6.29 Å². The quantitative estimate of drug-likeness (QED) is 0.689. The second-order valence-electron chi connectivity index (χ2n) is 5.10. The van der Waals surface area contributed by atoms with Crippen molar-refractivity contribution in [2.75, 3.05) is 0 Å². The van der Waals surface area contributed by atoms with Gasteiger partial charge in [-0.2, -0.15) is 0 Å². The number of hydrogen-bond acceptors (Lipinski definition) is 1. The molecule has 0 aliphatic carbocycles. The highest BCUT2D eigenvalue weighted by atomic mass is 16.1. The van der Waals surface area contributed by atoms with Gasteiger partial charge in [0.15, 0.2) is 0 Å². The van der Waals surface area contributed by atoms with Crippen LogP contribution >= 0.6 is 0 Å². The van der Waals surface area contributed by atoms with Gasteiger partial charge in [-0.25, -0.2) is 0 Å². The number of hydrogen-bond donors (Lipinski definition) is 0. The van der Waals surface area contributed by atoms with Gasteiger partial charge in [0, 0.05) is 6.42 Å². The molecule has 0 saturated carbocycles. The van der Waals surface area contributed by atoms with Gasteiger partial charge in [-0.15, -0.1) is 0 Å². The molecule has 1 rings (SSSR count). The van der Waals surface area contributed by atoms with Crippen LogP contribution in [0.15, 0.2) is 18.2 Å². The summed E-state index contributed by atoms with van der Waals surface area (Å²) in [4.78, 5) is 10.3. The van der Waals surface area contributed by atoms with Crippen molar-refractivity contribution in [3.8, 4) is 0 Å². The first-order chi connectivity index (χ1) is 6.95. The van der Waals surface area contributed by atoms with E-state index in [1.54, 1.807) is 0 Å². The topological polar surface area (TPSA) is 17.1 Å². The molecular formula is C14H20O. The smallest absolute Gasteiger partial charge is 0.120 e. The molecular weight excluding hydrogens is 184 g/mol. The van der Waals surface area contributed by atoms with Gasteiger partial charge >= 0.3 is 0 Å². The second-order valence-corrected chi connectivity index (χ2v) is 5.10.